The molecule has 3 aromatic rings. The van der Waals surface area contributed by atoms with Crippen LogP contribution in [-0.4, -0.2) is 39.9 Å². The number of carbonyl (C=O) groups is 2. The van der Waals surface area contributed by atoms with Gasteiger partial charge in [0.15, 0.2) is 11.8 Å². The molecule has 8 heteroatoms. The highest BCUT2D eigenvalue weighted by atomic mass is 16.5. The quantitative estimate of drug-likeness (QED) is 0.601. The Morgan fingerprint density at radius 3 is 2.50 bits per heavy atom. The van der Waals surface area contributed by atoms with Gasteiger partial charge in [-0.3, -0.25) is 4.79 Å². The first-order chi connectivity index (χ1) is 14.3. The summed E-state index contributed by atoms with van der Waals surface area (Å²) >= 11 is 0. The fraction of sp³-hybridized carbons (Fsp3) is 0.364. The molecule has 0 radical (unpaired) electrons. The number of methoxy groups -OCH3 is 1. The van der Waals surface area contributed by atoms with Gasteiger partial charge in [0.2, 0.25) is 0 Å². The molecule has 0 unspecified atom stereocenters. The van der Waals surface area contributed by atoms with E-state index in [1.165, 1.54) is 0 Å². The number of aromatic nitrogens is 3. The van der Waals surface area contributed by atoms with Gasteiger partial charge >= 0.3 is 5.97 Å². The van der Waals surface area contributed by atoms with E-state index in [1.54, 1.807) is 37.9 Å². The molecule has 0 bridgehead atoms. The van der Waals surface area contributed by atoms with Crippen molar-refractivity contribution in [2.45, 2.75) is 46.4 Å². The second kappa shape index (κ2) is 8.94. The summed E-state index contributed by atoms with van der Waals surface area (Å²) in [7, 11) is 1.60. The van der Waals surface area contributed by atoms with E-state index in [0.717, 1.165) is 11.3 Å². The highest BCUT2D eigenvalue weighted by Gasteiger charge is 2.22. The van der Waals surface area contributed by atoms with E-state index in [2.05, 4.69) is 15.4 Å². The van der Waals surface area contributed by atoms with Crippen LogP contribution >= 0.6 is 0 Å². The van der Waals surface area contributed by atoms with E-state index < -0.39 is 12.1 Å². The number of ether oxygens (including phenoxy) is 2. The van der Waals surface area contributed by atoms with Crippen molar-refractivity contribution in [1.29, 1.82) is 0 Å². The minimum atomic E-state index is -0.945. The van der Waals surface area contributed by atoms with Crippen molar-refractivity contribution < 1.29 is 19.1 Å². The van der Waals surface area contributed by atoms with Gasteiger partial charge in [0.25, 0.3) is 5.91 Å². The Morgan fingerprint density at radius 2 is 1.87 bits per heavy atom. The average Bonchev–Trinajstić information content (AvgIpc) is 3.15. The zero-order valence-corrected chi connectivity index (χ0v) is 17.8. The van der Waals surface area contributed by atoms with Gasteiger partial charge in [-0.25, -0.2) is 14.5 Å². The predicted octanol–water partition coefficient (Wildman–Crippen LogP) is 3.19. The zero-order valence-electron chi connectivity index (χ0n) is 17.8. The van der Waals surface area contributed by atoms with Gasteiger partial charge in [-0.2, -0.15) is 5.10 Å². The molecule has 0 aliphatic rings. The third-order valence-electron chi connectivity index (χ3n) is 4.68. The SMILES string of the molecule is COc1ccc(CNC(=O)[C@H](C)OC(=O)c2cc(C)nc3c2cnn3C(C)C)cc1. The van der Waals surface area contributed by atoms with Crippen molar-refractivity contribution in [3.63, 3.8) is 0 Å². The number of amides is 1. The molecule has 2 heterocycles. The number of nitrogens with one attached hydrogen (secondary N) is 1. The Labute approximate surface area is 175 Å². The fourth-order valence-electron chi connectivity index (χ4n) is 3.04. The van der Waals surface area contributed by atoms with Crippen LogP contribution in [0.2, 0.25) is 0 Å². The van der Waals surface area contributed by atoms with E-state index in [4.69, 9.17) is 9.47 Å². The molecule has 2 aromatic heterocycles. The van der Waals surface area contributed by atoms with Crippen molar-refractivity contribution >= 4 is 22.9 Å². The van der Waals surface area contributed by atoms with Gasteiger partial charge in [0, 0.05) is 18.3 Å². The lowest BCUT2D eigenvalue weighted by atomic mass is 10.1. The monoisotopic (exact) mass is 410 g/mol. The number of pyridine rings is 1. The van der Waals surface area contributed by atoms with Crippen LogP contribution in [-0.2, 0) is 16.1 Å². The molecular weight excluding hydrogens is 384 g/mol. The van der Waals surface area contributed by atoms with E-state index in [1.807, 2.05) is 38.1 Å². The van der Waals surface area contributed by atoms with Crippen molar-refractivity contribution in [3.8, 4) is 5.75 Å². The first-order valence-corrected chi connectivity index (χ1v) is 9.76. The largest absolute Gasteiger partial charge is 0.497 e. The maximum absolute atomic E-state index is 12.8. The highest BCUT2D eigenvalue weighted by Crippen LogP contribution is 2.22. The number of hydrogen-bond acceptors (Lipinski definition) is 6. The number of nitrogens with zero attached hydrogens (tertiary/aromatic N) is 3. The number of fused-ring (bicyclic) bond motifs is 1. The molecule has 1 amide bonds. The van der Waals surface area contributed by atoms with Crippen LogP contribution in [0.25, 0.3) is 11.0 Å². The van der Waals surface area contributed by atoms with Crippen LogP contribution in [0.5, 0.6) is 5.75 Å². The van der Waals surface area contributed by atoms with Crippen LogP contribution in [0, 0.1) is 6.92 Å². The summed E-state index contributed by atoms with van der Waals surface area (Å²) in [5, 5.41) is 7.70. The molecule has 8 nitrogen and oxygen atoms in total. The van der Waals surface area contributed by atoms with Gasteiger partial charge < -0.3 is 14.8 Å². The number of hydrogen-bond donors (Lipinski definition) is 1. The molecule has 30 heavy (non-hydrogen) atoms. The van der Waals surface area contributed by atoms with E-state index in [9.17, 15) is 9.59 Å². The lowest BCUT2D eigenvalue weighted by Crippen LogP contribution is -2.35. The topological polar surface area (TPSA) is 95.3 Å². The molecular formula is C22H26N4O4. The molecule has 0 spiro atoms. The molecule has 0 aliphatic heterocycles. The highest BCUT2D eigenvalue weighted by molar-refractivity contribution is 6.03. The van der Waals surface area contributed by atoms with E-state index in [0.29, 0.717) is 28.8 Å². The van der Waals surface area contributed by atoms with Gasteiger partial charge in [-0.1, -0.05) is 12.1 Å². The maximum atomic E-state index is 12.8. The number of esters is 1. The lowest BCUT2D eigenvalue weighted by molar-refractivity contribution is -0.129. The molecule has 1 N–H and O–H groups in total. The maximum Gasteiger partial charge on any atom is 0.339 e. The minimum absolute atomic E-state index is 0.100. The van der Waals surface area contributed by atoms with Gasteiger partial charge in [-0.05, 0) is 51.5 Å². The van der Waals surface area contributed by atoms with Crippen molar-refractivity contribution in [1.82, 2.24) is 20.1 Å². The van der Waals surface area contributed by atoms with Crippen LogP contribution in [0.3, 0.4) is 0 Å². The third kappa shape index (κ3) is 4.59. The summed E-state index contributed by atoms with van der Waals surface area (Å²) in [4.78, 5) is 29.7. The number of aryl methyl sites for hydroxylation is 1. The molecule has 0 aliphatic carbocycles. The van der Waals surface area contributed by atoms with Crippen molar-refractivity contribution in [2.24, 2.45) is 0 Å². The van der Waals surface area contributed by atoms with Gasteiger partial charge in [-0.15, -0.1) is 0 Å². The predicted molar refractivity (Wildman–Crippen MR) is 112 cm³/mol. The molecule has 1 aromatic carbocycles. The van der Waals surface area contributed by atoms with Crippen LogP contribution < -0.4 is 10.1 Å². The second-order valence-electron chi connectivity index (χ2n) is 7.34. The average molecular weight is 410 g/mol. The van der Waals surface area contributed by atoms with Crippen LogP contribution in [0.15, 0.2) is 36.5 Å². The Bertz CT molecular complexity index is 1060. The summed E-state index contributed by atoms with van der Waals surface area (Å²) in [6.45, 7) is 7.65. The zero-order chi connectivity index (χ0) is 21.8. The molecule has 3 rings (SSSR count). The molecule has 0 fully saturated rings. The first kappa shape index (κ1) is 21.3. The van der Waals surface area contributed by atoms with E-state index >= 15 is 0 Å². The minimum Gasteiger partial charge on any atom is -0.497 e. The number of carbonyl (C=O) groups excluding carboxylic acids is 2. The smallest absolute Gasteiger partial charge is 0.339 e. The number of benzene rings is 1. The summed E-state index contributed by atoms with van der Waals surface area (Å²) in [6, 6.07) is 9.11. The van der Waals surface area contributed by atoms with Crippen LogP contribution in [0.1, 0.15) is 48.4 Å². The summed E-state index contributed by atoms with van der Waals surface area (Å²) < 4.78 is 12.3. The lowest BCUT2D eigenvalue weighted by Gasteiger charge is -2.14. The summed E-state index contributed by atoms with van der Waals surface area (Å²) in [6.07, 6.45) is 0.659. The summed E-state index contributed by atoms with van der Waals surface area (Å²) in [5.41, 5.74) is 2.55. The molecule has 0 saturated carbocycles. The third-order valence-corrected chi connectivity index (χ3v) is 4.68. The first-order valence-electron chi connectivity index (χ1n) is 9.76. The molecule has 1 atom stereocenters. The Hall–Kier alpha value is -3.42. The van der Waals surface area contributed by atoms with Gasteiger partial charge in [0.05, 0.1) is 24.3 Å². The van der Waals surface area contributed by atoms with E-state index in [-0.39, 0.29) is 11.9 Å². The Balaban J connectivity index is 1.68. The van der Waals surface area contributed by atoms with Crippen LogP contribution in [0.4, 0.5) is 0 Å². The normalized spacial score (nSPS) is 12.1. The molecule has 158 valence electrons. The fourth-order valence-corrected chi connectivity index (χ4v) is 3.04. The van der Waals surface area contributed by atoms with Gasteiger partial charge in [0.1, 0.15) is 5.75 Å². The molecule has 0 saturated heterocycles. The number of rotatable bonds is 7. The van der Waals surface area contributed by atoms with Crippen molar-refractivity contribution in [2.75, 3.05) is 7.11 Å². The summed E-state index contributed by atoms with van der Waals surface area (Å²) in [5.74, 6) is -0.216. The standard InChI is InChI=1S/C22H26N4O4/c1-13(2)26-20-19(12-24-26)18(10-14(3)25-20)22(28)30-15(4)21(27)23-11-16-6-8-17(29-5)9-7-16/h6-10,12-13,15H,11H2,1-5H3,(H,23,27)/t15-/m0/s1. The second-order valence-corrected chi connectivity index (χ2v) is 7.34. The Morgan fingerprint density at radius 1 is 1.17 bits per heavy atom. The van der Waals surface area contributed by atoms with Crippen molar-refractivity contribution in [3.05, 3.63) is 53.3 Å². The Kier molecular flexibility index (Phi) is 6.34.